The monoisotopic (exact) mass is 223 g/mol. The maximum atomic E-state index is 10.8. The average molecular weight is 223 g/mol. The molecule has 1 aromatic rings. The van der Waals surface area contributed by atoms with Crippen molar-refractivity contribution in [1.82, 2.24) is 4.98 Å². The van der Waals surface area contributed by atoms with E-state index in [0.29, 0.717) is 24.1 Å². The third-order valence-corrected chi connectivity index (χ3v) is 2.12. The minimum Gasteiger partial charge on any atom is -0.478 e. The van der Waals surface area contributed by atoms with Crippen LogP contribution in [-0.2, 0) is 0 Å². The van der Waals surface area contributed by atoms with Crippen molar-refractivity contribution in [1.29, 1.82) is 0 Å². The van der Waals surface area contributed by atoms with Crippen LogP contribution < -0.4 is 4.74 Å². The van der Waals surface area contributed by atoms with Crippen molar-refractivity contribution in [2.24, 2.45) is 5.92 Å². The highest BCUT2D eigenvalue weighted by atomic mass is 16.5. The van der Waals surface area contributed by atoms with Gasteiger partial charge >= 0.3 is 5.97 Å². The molecule has 0 bridgehead atoms. The number of hydrogen-bond acceptors (Lipinski definition) is 3. The smallest absolute Gasteiger partial charge is 0.335 e. The molecule has 0 aliphatic carbocycles. The molecule has 0 aliphatic rings. The number of carbonyl (C=O) groups is 1. The lowest BCUT2D eigenvalue weighted by molar-refractivity contribution is 0.0696. The number of hydrogen-bond donors (Lipinski definition) is 1. The summed E-state index contributed by atoms with van der Waals surface area (Å²) in [6.45, 7) is 6.53. The Morgan fingerprint density at radius 3 is 2.75 bits per heavy atom. The molecule has 0 spiro atoms. The second-order valence-corrected chi connectivity index (χ2v) is 4.17. The molecule has 0 saturated heterocycles. The highest BCUT2D eigenvalue weighted by molar-refractivity contribution is 5.87. The lowest BCUT2D eigenvalue weighted by atomic mass is 10.1. The van der Waals surface area contributed by atoms with Gasteiger partial charge in [0.25, 0.3) is 0 Å². The number of aryl methyl sites for hydroxylation is 1. The van der Waals surface area contributed by atoms with Crippen molar-refractivity contribution in [2.45, 2.75) is 27.2 Å². The summed E-state index contributed by atoms with van der Waals surface area (Å²) >= 11 is 0. The summed E-state index contributed by atoms with van der Waals surface area (Å²) in [5, 5.41) is 8.86. The molecule has 0 aromatic carbocycles. The van der Waals surface area contributed by atoms with Gasteiger partial charge in [-0.25, -0.2) is 9.78 Å². The van der Waals surface area contributed by atoms with Gasteiger partial charge < -0.3 is 9.84 Å². The van der Waals surface area contributed by atoms with Crippen LogP contribution in [0.3, 0.4) is 0 Å². The first kappa shape index (κ1) is 12.5. The number of aromatic nitrogens is 1. The topological polar surface area (TPSA) is 59.4 Å². The number of nitrogens with zero attached hydrogens (tertiary/aromatic N) is 1. The Bertz CT molecular complexity index is 375. The lowest BCUT2D eigenvalue weighted by Crippen LogP contribution is -2.05. The maximum Gasteiger partial charge on any atom is 0.335 e. The summed E-state index contributed by atoms with van der Waals surface area (Å²) in [7, 11) is 0. The number of aromatic carboxylic acids is 1. The standard InChI is InChI=1S/C12H17NO3/c1-8(2)4-5-16-11-7-10(12(14)15)6-9(3)13-11/h6-8H,4-5H2,1-3H3,(H,14,15). The van der Waals surface area contributed by atoms with E-state index in [1.165, 1.54) is 12.1 Å². The molecule has 0 atom stereocenters. The molecule has 0 saturated carbocycles. The van der Waals surface area contributed by atoms with Crippen LogP contribution >= 0.6 is 0 Å². The van der Waals surface area contributed by atoms with Gasteiger partial charge in [0.2, 0.25) is 5.88 Å². The quantitative estimate of drug-likeness (QED) is 0.833. The third kappa shape index (κ3) is 3.88. The van der Waals surface area contributed by atoms with E-state index in [0.717, 1.165) is 6.42 Å². The van der Waals surface area contributed by atoms with E-state index in [9.17, 15) is 4.79 Å². The molecule has 4 heteroatoms. The van der Waals surface area contributed by atoms with Gasteiger partial charge in [0.05, 0.1) is 12.2 Å². The lowest BCUT2D eigenvalue weighted by Gasteiger charge is -2.08. The SMILES string of the molecule is Cc1cc(C(=O)O)cc(OCCC(C)C)n1. The van der Waals surface area contributed by atoms with Crippen LogP contribution in [0.2, 0.25) is 0 Å². The van der Waals surface area contributed by atoms with Crippen molar-refractivity contribution in [3.63, 3.8) is 0 Å². The Balaban J connectivity index is 2.69. The Kier molecular flexibility index (Phi) is 4.28. The number of carboxylic acids is 1. The molecule has 16 heavy (non-hydrogen) atoms. The van der Waals surface area contributed by atoms with E-state index in [2.05, 4.69) is 18.8 Å². The fraction of sp³-hybridized carbons (Fsp3) is 0.500. The van der Waals surface area contributed by atoms with Crippen LogP contribution in [0.25, 0.3) is 0 Å². The summed E-state index contributed by atoms with van der Waals surface area (Å²) in [5.74, 6) is -0.0130. The van der Waals surface area contributed by atoms with Crippen molar-refractivity contribution < 1.29 is 14.6 Å². The fourth-order valence-corrected chi connectivity index (χ4v) is 1.23. The minimum absolute atomic E-state index is 0.215. The number of pyridine rings is 1. The maximum absolute atomic E-state index is 10.8. The molecule has 1 rings (SSSR count). The Morgan fingerprint density at radius 1 is 1.50 bits per heavy atom. The zero-order valence-electron chi connectivity index (χ0n) is 9.86. The molecule has 0 unspecified atom stereocenters. The first-order valence-corrected chi connectivity index (χ1v) is 5.34. The van der Waals surface area contributed by atoms with Crippen LogP contribution in [0, 0.1) is 12.8 Å². The van der Waals surface area contributed by atoms with Crippen LogP contribution in [-0.4, -0.2) is 22.7 Å². The second kappa shape index (κ2) is 5.49. The van der Waals surface area contributed by atoms with Gasteiger partial charge in [0.15, 0.2) is 0 Å². The largest absolute Gasteiger partial charge is 0.478 e. The predicted octanol–water partition coefficient (Wildman–Crippen LogP) is 2.51. The Morgan fingerprint density at radius 2 is 2.19 bits per heavy atom. The summed E-state index contributed by atoms with van der Waals surface area (Å²) in [6.07, 6.45) is 0.929. The first-order valence-electron chi connectivity index (χ1n) is 5.34. The minimum atomic E-state index is -0.959. The van der Waals surface area contributed by atoms with Gasteiger partial charge in [0, 0.05) is 11.8 Å². The van der Waals surface area contributed by atoms with Crippen LogP contribution in [0.4, 0.5) is 0 Å². The number of ether oxygens (including phenoxy) is 1. The van der Waals surface area contributed by atoms with Crippen molar-refractivity contribution in [2.75, 3.05) is 6.61 Å². The van der Waals surface area contributed by atoms with Gasteiger partial charge in [0.1, 0.15) is 0 Å². The molecule has 1 heterocycles. The molecule has 4 nitrogen and oxygen atoms in total. The van der Waals surface area contributed by atoms with Crippen LogP contribution in [0.15, 0.2) is 12.1 Å². The summed E-state index contributed by atoms with van der Waals surface area (Å²) in [6, 6.07) is 2.98. The van der Waals surface area contributed by atoms with Gasteiger partial charge in [-0.2, -0.15) is 0 Å². The highest BCUT2D eigenvalue weighted by Crippen LogP contribution is 2.13. The zero-order chi connectivity index (χ0) is 12.1. The Hall–Kier alpha value is -1.58. The molecule has 88 valence electrons. The molecular weight excluding hydrogens is 206 g/mol. The summed E-state index contributed by atoms with van der Waals surface area (Å²) < 4.78 is 5.41. The van der Waals surface area contributed by atoms with Gasteiger partial charge in [-0.3, -0.25) is 0 Å². The van der Waals surface area contributed by atoms with E-state index >= 15 is 0 Å². The number of rotatable bonds is 5. The predicted molar refractivity (Wildman–Crippen MR) is 60.9 cm³/mol. The van der Waals surface area contributed by atoms with E-state index in [1.807, 2.05) is 0 Å². The molecule has 1 aromatic heterocycles. The van der Waals surface area contributed by atoms with Gasteiger partial charge in [-0.1, -0.05) is 13.8 Å². The van der Waals surface area contributed by atoms with Crippen LogP contribution in [0.5, 0.6) is 5.88 Å². The van der Waals surface area contributed by atoms with E-state index in [-0.39, 0.29) is 5.56 Å². The van der Waals surface area contributed by atoms with E-state index in [1.54, 1.807) is 6.92 Å². The average Bonchev–Trinajstić information content (AvgIpc) is 2.16. The normalized spacial score (nSPS) is 10.5. The number of carboxylic acid groups (broad SMARTS) is 1. The van der Waals surface area contributed by atoms with E-state index in [4.69, 9.17) is 9.84 Å². The third-order valence-electron chi connectivity index (χ3n) is 2.12. The van der Waals surface area contributed by atoms with Gasteiger partial charge in [-0.15, -0.1) is 0 Å². The second-order valence-electron chi connectivity index (χ2n) is 4.17. The van der Waals surface area contributed by atoms with Crippen molar-refractivity contribution in [3.05, 3.63) is 23.4 Å². The molecule has 1 N–H and O–H groups in total. The molecule has 0 fully saturated rings. The zero-order valence-corrected chi connectivity index (χ0v) is 9.86. The Labute approximate surface area is 95.3 Å². The molecule has 0 amide bonds. The first-order chi connectivity index (χ1) is 7.49. The molecular formula is C12H17NO3. The van der Waals surface area contributed by atoms with Crippen LogP contribution in [0.1, 0.15) is 36.3 Å². The summed E-state index contributed by atoms with van der Waals surface area (Å²) in [5.41, 5.74) is 0.867. The molecule has 0 radical (unpaired) electrons. The van der Waals surface area contributed by atoms with Crippen molar-refractivity contribution in [3.8, 4) is 5.88 Å². The summed E-state index contributed by atoms with van der Waals surface area (Å²) in [4.78, 5) is 14.9. The highest BCUT2D eigenvalue weighted by Gasteiger charge is 2.07. The van der Waals surface area contributed by atoms with Crippen molar-refractivity contribution >= 4 is 5.97 Å². The molecule has 0 aliphatic heterocycles. The van der Waals surface area contributed by atoms with Gasteiger partial charge in [-0.05, 0) is 25.3 Å². The van der Waals surface area contributed by atoms with E-state index < -0.39 is 5.97 Å². The fourth-order valence-electron chi connectivity index (χ4n) is 1.23.